The topological polar surface area (TPSA) is 43.1 Å². The number of benzene rings is 1. The fourth-order valence-corrected chi connectivity index (χ4v) is 4.56. The normalized spacial score (nSPS) is 24.3. The summed E-state index contributed by atoms with van der Waals surface area (Å²) in [6, 6.07) is 6.83. The van der Waals surface area contributed by atoms with Gasteiger partial charge in [0.25, 0.3) is 5.69 Å². The Morgan fingerprint density at radius 3 is 2.88 bits per heavy atom. The van der Waals surface area contributed by atoms with Gasteiger partial charge < -0.3 is 0 Å². The van der Waals surface area contributed by atoms with Gasteiger partial charge >= 0.3 is 0 Å². The van der Waals surface area contributed by atoms with Gasteiger partial charge in [0.1, 0.15) is 0 Å². The Hall–Kier alpha value is -0.940. The Morgan fingerprint density at radius 2 is 2.24 bits per heavy atom. The van der Waals surface area contributed by atoms with Crippen LogP contribution in [0.4, 0.5) is 5.69 Å². The van der Waals surface area contributed by atoms with Crippen molar-refractivity contribution in [2.45, 2.75) is 16.8 Å². The molecule has 5 heteroatoms. The first-order chi connectivity index (χ1) is 8.16. The zero-order chi connectivity index (χ0) is 12.3. The monoisotopic (exact) mass is 267 g/mol. The molecule has 0 N–H and O–H groups in total. The van der Waals surface area contributed by atoms with E-state index in [1.165, 1.54) is 6.07 Å². The molecule has 1 heterocycles. The second-order valence-electron chi connectivity index (χ2n) is 3.82. The van der Waals surface area contributed by atoms with E-state index < -0.39 is 0 Å². The molecule has 1 aromatic rings. The van der Waals surface area contributed by atoms with Gasteiger partial charge in [0.2, 0.25) is 0 Å². The maximum Gasteiger partial charge on any atom is 0.276 e. The third-order valence-electron chi connectivity index (χ3n) is 2.43. The molecule has 0 spiro atoms. The first-order valence-corrected chi connectivity index (χ1v) is 7.34. The summed E-state index contributed by atoms with van der Waals surface area (Å²) in [6.45, 7) is 2.20. The van der Waals surface area contributed by atoms with Crippen LogP contribution in [-0.4, -0.2) is 20.5 Å². The van der Waals surface area contributed by atoms with Crippen molar-refractivity contribution in [3.63, 3.8) is 0 Å². The van der Waals surface area contributed by atoms with E-state index in [0.29, 0.717) is 15.4 Å². The fourth-order valence-electron chi connectivity index (χ4n) is 1.62. The molecular formula is C12H13NO2S2. The predicted octanol–water partition coefficient (Wildman–Crippen LogP) is 3.80. The van der Waals surface area contributed by atoms with Crippen LogP contribution in [0.15, 0.2) is 30.3 Å². The van der Waals surface area contributed by atoms with Crippen LogP contribution >= 0.6 is 23.5 Å². The number of nitro benzene ring substituents is 1. The first kappa shape index (κ1) is 12.5. The van der Waals surface area contributed by atoms with Crippen molar-refractivity contribution in [1.29, 1.82) is 0 Å². The van der Waals surface area contributed by atoms with Crippen LogP contribution in [0, 0.1) is 10.1 Å². The van der Waals surface area contributed by atoms with Crippen molar-refractivity contribution in [1.82, 2.24) is 0 Å². The lowest BCUT2D eigenvalue weighted by Crippen LogP contribution is -1.92. The Labute approximate surface area is 109 Å². The molecule has 2 rings (SSSR count). The average Bonchev–Trinajstić information content (AvgIpc) is 2.73. The lowest BCUT2D eigenvalue weighted by molar-refractivity contribution is -0.385. The summed E-state index contributed by atoms with van der Waals surface area (Å²) in [7, 11) is 0. The Balaban J connectivity index is 2.13. The SMILES string of the molecule is C[C@H]1CS[C@H](/C=C\c2ccccc2[N+](=O)[O-])S1. The molecule has 0 amide bonds. The summed E-state index contributed by atoms with van der Waals surface area (Å²) in [6.07, 6.45) is 3.92. The number of nitrogens with zero attached hydrogens (tertiary/aromatic N) is 1. The van der Waals surface area contributed by atoms with E-state index in [1.54, 1.807) is 12.1 Å². The van der Waals surface area contributed by atoms with Crippen LogP contribution in [0.3, 0.4) is 0 Å². The second-order valence-corrected chi connectivity index (χ2v) is 6.88. The standard InChI is InChI=1S/C12H13NO2S2/c1-9-8-16-12(17-9)7-6-10-4-2-3-5-11(10)13(14)15/h2-7,9,12H,8H2,1H3/b7-6-/t9-,12-/m0/s1. The van der Waals surface area contributed by atoms with Gasteiger partial charge in [-0.05, 0) is 6.07 Å². The van der Waals surface area contributed by atoms with Gasteiger partial charge in [0.15, 0.2) is 0 Å². The zero-order valence-electron chi connectivity index (χ0n) is 9.41. The van der Waals surface area contributed by atoms with Crippen LogP contribution in [0.2, 0.25) is 0 Å². The lowest BCUT2D eigenvalue weighted by atomic mass is 10.2. The van der Waals surface area contributed by atoms with Crippen LogP contribution in [0.1, 0.15) is 12.5 Å². The molecule has 90 valence electrons. The van der Waals surface area contributed by atoms with Gasteiger partial charge in [-0.15, -0.1) is 23.5 Å². The van der Waals surface area contributed by atoms with Gasteiger partial charge in [0, 0.05) is 17.1 Å². The predicted molar refractivity (Wildman–Crippen MR) is 75.4 cm³/mol. The molecule has 1 aliphatic heterocycles. The molecule has 0 radical (unpaired) electrons. The van der Waals surface area contributed by atoms with Crippen LogP contribution in [0.25, 0.3) is 6.08 Å². The molecule has 0 unspecified atom stereocenters. The van der Waals surface area contributed by atoms with E-state index in [0.717, 1.165) is 5.75 Å². The van der Waals surface area contributed by atoms with E-state index in [4.69, 9.17) is 0 Å². The third-order valence-corrected chi connectivity index (χ3v) is 5.62. The average molecular weight is 267 g/mol. The largest absolute Gasteiger partial charge is 0.276 e. The minimum atomic E-state index is -0.336. The minimum Gasteiger partial charge on any atom is -0.258 e. The summed E-state index contributed by atoms with van der Waals surface area (Å²) in [4.78, 5) is 10.5. The molecule has 1 aliphatic rings. The molecule has 1 fully saturated rings. The summed E-state index contributed by atoms with van der Waals surface area (Å²) in [5.41, 5.74) is 0.850. The molecular weight excluding hydrogens is 254 g/mol. The number of thioether (sulfide) groups is 2. The maximum absolute atomic E-state index is 10.8. The van der Waals surface area contributed by atoms with E-state index in [-0.39, 0.29) is 10.6 Å². The highest BCUT2D eigenvalue weighted by Crippen LogP contribution is 2.38. The fraction of sp³-hybridized carbons (Fsp3) is 0.333. The second kappa shape index (κ2) is 5.60. The van der Waals surface area contributed by atoms with Gasteiger partial charge in [0.05, 0.1) is 15.1 Å². The van der Waals surface area contributed by atoms with Crippen LogP contribution < -0.4 is 0 Å². The molecule has 0 saturated carbocycles. The summed E-state index contributed by atoms with van der Waals surface area (Å²) >= 11 is 3.80. The highest BCUT2D eigenvalue weighted by atomic mass is 32.2. The number of para-hydroxylation sites is 1. The molecule has 2 atom stereocenters. The Bertz CT molecular complexity index is 448. The number of hydrogen-bond donors (Lipinski definition) is 0. The summed E-state index contributed by atoms with van der Waals surface area (Å²) in [5.74, 6) is 1.15. The molecule has 0 aliphatic carbocycles. The van der Waals surface area contributed by atoms with Gasteiger partial charge in [-0.25, -0.2) is 0 Å². The molecule has 3 nitrogen and oxygen atoms in total. The van der Waals surface area contributed by atoms with E-state index >= 15 is 0 Å². The third kappa shape index (κ3) is 3.26. The first-order valence-electron chi connectivity index (χ1n) is 5.35. The molecule has 1 saturated heterocycles. The van der Waals surface area contributed by atoms with Gasteiger partial charge in [-0.1, -0.05) is 31.2 Å². The van der Waals surface area contributed by atoms with Gasteiger partial charge in [-0.2, -0.15) is 0 Å². The van der Waals surface area contributed by atoms with Crippen molar-refractivity contribution < 1.29 is 4.92 Å². The van der Waals surface area contributed by atoms with Crippen molar-refractivity contribution >= 4 is 35.3 Å². The summed E-state index contributed by atoms with van der Waals surface area (Å²) in [5, 5.41) is 11.5. The highest BCUT2D eigenvalue weighted by Gasteiger charge is 2.20. The smallest absolute Gasteiger partial charge is 0.258 e. The van der Waals surface area contributed by atoms with E-state index in [9.17, 15) is 10.1 Å². The highest BCUT2D eigenvalue weighted by molar-refractivity contribution is 8.20. The van der Waals surface area contributed by atoms with Crippen molar-refractivity contribution in [3.8, 4) is 0 Å². The van der Waals surface area contributed by atoms with E-state index in [2.05, 4.69) is 13.0 Å². The summed E-state index contributed by atoms with van der Waals surface area (Å²) < 4.78 is 0.421. The van der Waals surface area contributed by atoms with Crippen molar-refractivity contribution in [2.24, 2.45) is 0 Å². The van der Waals surface area contributed by atoms with E-state index in [1.807, 2.05) is 35.7 Å². The Kier molecular flexibility index (Phi) is 4.12. The van der Waals surface area contributed by atoms with Crippen LogP contribution in [-0.2, 0) is 0 Å². The number of rotatable bonds is 3. The van der Waals surface area contributed by atoms with Crippen LogP contribution in [0.5, 0.6) is 0 Å². The van der Waals surface area contributed by atoms with Crippen molar-refractivity contribution in [2.75, 3.05) is 5.75 Å². The maximum atomic E-state index is 10.8. The molecule has 0 aromatic heterocycles. The molecule has 0 bridgehead atoms. The quantitative estimate of drug-likeness (QED) is 0.617. The lowest BCUT2D eigenvalue weighted by Gasteiger charge is -2.01. The minimum absolute atomic E-state index is 0.171. The number of hydrogen-bond acceptors (Lipinski definition) is 4. The Morgan fingerprint density at radius 1 is 1.47 bits per heavy atom. The van der Waals surface area contributed by atoms with Gasteiger partial charge in [-0.3, -0.25) is 10.1 Å². The van der Waals surface area contributed by atoms with Crippen molar-refractivity contribution in [3.05, 3.63) is 46.0 Å². The molecule has 17 heavy (non-hydrogen) atoms. The number of nitro groups is 1. The molecule has 1 aromatic carbocycles. The zero-order valence-corrected chi connectivity index (χ0v) is 11.0.